The van der Waals surface area contributed by atoms with Crippen LogP contribution in [0.25, 0.3) is 0 Å². The first-order valence-corrected chi connectivity index (χ1v) is 6.59. The molecule has 0 unspecified atom stereocenters. The van der Waals surface area contributed by atoms with E-state index in [1.807, 2.05) is 0 Å². The molecule has 0 aliphatic heterocycles. The molecule has 0 aliphatic carbocycles. The predicted octanol–water partition coefficient (Wildman–Crippen LogP) is 3.31. The number of hydrogen-bond donors (Lipinski definition) is 1. The van der Waals surface area contributed by atoms with Gasteiger partial charge in [-0.15, -0.1) is 0 Å². The third kappa shape index (κ3) is 3.90. The van der Waals surface area contributed by atoms with Gasteiger partial charge in [0.25, 0.3) is 0 Å². The van der Waals surface area contributed by atoms with Crippen LogP contribution in [0.1, 0.15) is 0 Å². The Bertz CT molecular complexity index is 513. The number of halogens is 5. The van der Waals surface area contributed by atoms with Gasteiger partial charge in [-0.2, -0.15) is 8.42 Å². The van der Waals surface area contributed by atoms with E-state index in [4.69, 9.17) is 62.6 Å². The molecule has 0 saturated heterocycles. The van der Waals surface area contributed by atoms with Crippen molar-refractivity contribution in [3.63, 3.8) is 0 Å². The normalized spacial score (nSPS) is 10.9. The van der Waals surface area contributed by atoms with Crippen molar-refractivity contribution in [3.8, 4) is 5.75 Å². The highest BCUT2D eigenvalue weighted by Gasteiger charge is 2.23. The molecule has 0 fully saturated rings. The van der Waals surface area contributed by atoms with Crippen molar-refractivity contribution in [2.75, 3.05) is 0 Å². The number of hydrogen-bond acceptors (Lipinski definition) is 3. The maximum Gasteiger partial charge on any atom is 0.446 e. The highest BCUT2D eigenvalue weighted by molar-refractivity contribution is 7.81. The van der Waals surface area contributed by atoms with Gasteiger partial charge in [-0.25, -0.2) is 0 Å². The zero-order valence-corrected chi connectivity index (χ0v) is 12.1. The molecular formula is C6H3Cl5O5S. The molecule has 0 saturated carbocycles. The molecule has 1 rings (SSSR count). The Balaban J connectivity index is 0.00000256. The second-order valence-corrected chi connectivity index (χ2v) is 5.32. The smallest absolute Gasteiger partial charge is 0.412 e. The molecule has 0 heterocycles. The molecule has 5 nitrogen and oxygen atoms in total. The van der Waals surface area contributed by atoms with Crippen molar-refractivity contribution < 1.29 is 22.6 Å². The molecule has 0 aliphatic rings. The van der Waals surface area contributed by atoms with Crippen LogP contribution in [0.3, 0.4) is 0 Å². The quantitative estimate of drug-likeness (QED) is 0.495. The summed E-state index contributed by atoms with van der Waals surface area (Å²) in [6, 6.07) is 0. The van der Waals surface area contributed by atoms with Crippen LogP contribution >= 0.6 is 58.0 Å². The summed E-state index contributed by atoms with van der Waals surface area (Å²) in [5, 5.41) is -1.38. The highest BCUT2D eigenvalue weighted by Crippen LogP contribution is 2.48. The molecule has 0 aromatic heterocycles. The fourth-order valence-electron chi connectivity index (χ4n) is 0.763. The van der Waals surface area contributed by atoms with Crippen molar-refractivity contribution in [1.29, 1.82) is 0 Å². The topological polar surface area (TPSA) is 95.1 Å². The maximum absolute atomic E-state index is 10.5. The monoisotopic (exact) mass is 362 g/mol. The lowest BCUT2D eigenvalue weighted by molar-refractivity contribution is 0.387. The second kappa shape index (κ2) is 5.99. The lowest BCUT2D eigenvalue weighted by Crippen LogP contribution is -2.07. The Morgan fingerprint density at radius 3 is 1.41 bits per heavy atom. The first-order chi connectivity index (χ1) is 7.15. The van der Waals surface area contributed by atoms with E-state index in [2.05, 4.69) is 4.18 Å². The molecule has 3 N–H and O–H groups in total. The minimum absolute atomic E-state index is 0. The van der Waals surface area contributed by atoms with Crippen LogP contribution in [0.2, 0.25) is 25.1 Å². The van der Waals surface area contributed by atoms with Crippen molar-refractivity contribution in [2.24, 2.45) is 0 Å². The summed E-state index contributed by atoms with van der Waals surface area (Å²) in [6.45, 7) is 0. The molecule has 17 heavy (non-hydrogen) atoms. The van der Waals surface area contributed by atoms with Crippen molar-refractivity contribution in [1.82, 2.24) is 0 Å². The van der Waals surface area contributed by atoms with Gasteiger partial charge in [0, 0.05) is 0 Å². The summed E-state index contributed by atoms with van der Waals surface area (Å²) < 4.78 is 33.6. The average molecular weight is 364 g/mol. The Hall–Kier alpha value is 0.340. The molecule has 0 radical (unpaired) electrons. The molecule has 0 atom stereocenters. The molecule has 0 spiro atoms. The summed E-state index contributed by atoms with van der Waals surface area (Å²) in [7, 11) is -4.80. The third-order valence-corrected chi connectivity index (χ3v) is 3.98. The van der Waals surface area contributed by atoms with Crippen molar-refractivity contribution in [2.45, 2.75) is 0 Å². The van der Waals surface area contributed by atoms with Crippen LogP contribution in [0.15, 0.2) is 0 Å². The van der Waals surface area contributed by atoms with E-state index in [0.717, 1.165) is 0 Å². The van der Waals surface area contributed by atoms with Crippen LogP contribution in [0, 0.1) is 0 Å². The Morgan fingerprint density at radius 1 is 0.824 bits per heavy atom. The molecule has 0 amide bonds. The van der Waals surface area contributed by atoms with Gasteiger partial charge >= 0.3 is 10.4 Å². The van der Waals surface area contributed by atoms with E-state index >= 15 is 0 Å². The Labute approximate surface area is 121 Å². The van der Waals surface area contributed by atoms with E-state index < -0.39 is 16.1 Å². The zero-order chi connectivity index (χ0) is 12.7. The SMILES string of the molecule is O.O=S(=O)(O)Oc1c(Cl)c(Cl)c(Cl)c(Cl)c1Cl. The fourth-order valence-corrected chi connectivity index (χ4v) is 2.43. The van der Waals surface area contributed by atoms with E-state index in [-0.39, 0.29) is 30.6 Å². The summed E-state index contributed by atoms with van der Waals surface area (Å²) >= 11 is 28.1. The van der Waals surface area contributed by atoms with Gasteiger partial charge in [-0.3, -0.25) is 4.55 Å². The van der Waals surface area contributed by atoms with Crippen molar-refractivity contribution in [3.05, 3.63) is 25.1 Å². The summed E-state index contributed by atoms with van der Waals surface area (Å²) in [5.41, 5.74) is 0. The van der Waals surface area contributed by atoms with Crippen LogP contribution in [0.4, 0.5) is 0 Å². The fraction of sp³-hybridized carbons (Fsp3) is 0. The maximum atomic E-state index is 10.5. The Morgan fingerprint density at radius 2 is 1.12 bits per heavy atom. The second-order valence-electron chi connectivity index (χ2n) is 2.41. The minimum Gasteiger partial charge on any atom is -0.412 e. The Kier molecular flexibility index (Phi) is 6.11. The number of rotatable bonds is 2. The summed E-state index contributed by atoms with van der Waals surface area (Å²) in [6.07, 6.45) is 0. The first kappa shape index (κ1) is 17.3. The van der Waals surface area contributed by atoms with E-state index in [0.29, 0.717) is 0 Å². The molecule has 1 aromatic carbocycles. The third-order valence-electron chi connectivity index (χ3n) is 1.36. The van der Waals surface area contributed by atoms with Gasteiger partial charge in [0.2, 0.25) is 0 Å². The predicted molar refractivity (Wildman–Crippen MR) is 67.3 cm³/mol. The molecule has 0 bridgehead atoms. The van der Waals surface area contributed by atoms with Gasteiger partial charge in [0.05, 0.1) is 15.1 Å². The zero-order valence-electron chi connectivity index (χ0n) is 7.47. The standard InChI is InChI=1S/C6HCl5O4S.H2O/c7-1-2(8)4(10)6(5(11)3(1)9)15-16(12,13)14;/h(H,12,13,14);1H2. The largest absolute Gasteiger partial charge is 0.446 e. The summed E-state index contributed by atoms with van der Waals surface area (Å²) in [4.78, 5) is 0. The molecule has 11 heteroatoms. The van der Waals surface area contributed by atoms with Gasteiger partial charge in [-0.05, 0) is 0 Å². The van der Waals surface area contributed by atoms with E-state index in [1.54, 1.807) is 0 Å². The number of benzene rings is 1. The van der Waals surface area contributed by atoms with Crippen LogP contribution < -0.4 is 4.18 Å². The van der Waals surface area contributed by atoms with Gasteiger partial charge in [0.1, 0.15) is 10.0 Å². The van der Waals surface area contributed by atoms with E-state index in [9.17, 15) is 8.42 Å². The van der Waals surface area contributed by atoms with Crippen LogP contribution in [-0.2, 0) is 10.4 Å². The summed E-state index contributed by atoms with van der Waals surface area (Å²) in [5.74, 6) is -0.592. The van der Waals surface area contributed by atoms with Gasteiger partial charge in [-0.1, -0.05) is 58.0 Å². The lowest BCUT2D eigenvalue weighted by atomic mass is 10.3. The highest BCUT2D eigenvalue weighted by atomic mass is 35.5. The van der Waals surface area contributed by atoms with Crippen LogP contribution in [0.5, 0.6) is 5.75 Å². The van der Waals surface area contributed by atoms with Gasteiger partial charge in [0.15, 0.2) is 5.75 Å². The first-order valence-electron chi connectivity index (χ1n) is 3.33. The lowest BCUT2D eigenvalue weighted by Gasteiger charge is -2.10. The molecule has 98 valence electrons. The van der Waals surface area contributed by atoms with E-state index in [1.165, 1.54) is 0 Å². The average Bonchev–Trinajstić information content (AvgIpc) is 2.17. The minimum atomic E-state index is -4.80. The van der Waals surface area contributed by atoms with Crippen molar-refractivity contribution >= 4 is 68.4 Å². The molecule has 1 aromatic rings. The van der Waals surface area contributed by atoms with Crippen LogP contribution in [-0.4, -0.2) is 18.4 Å². The van der Waals surface area contributed by atoms with Gasteiger partial charge < -0.3 is 9.66 Å². The molecular weight excluding hydrogens is 361 g/mol.